The number of aliphatic hydroxyl groups excluding tert-OH is 4. The average molecular weight is 1590 g/mol. The predicted octanol–water partition coefficient (Wildman–Crippen LogP) is 1.15. The molecule has 12 N–H and O–H groups in total. The topological polar surface area (TPSA) is 550 Å². The standard InChI is InChI=1S/C70H88N12O27S2/c1-34(2)57(63(71)94)77(5)69(100)108-48(40-9-11-46(42-27-38(110-61(40)42)7-15-55(88)89)104-67-59(92)44(83)29-50(106-67)65(96)97)25-36-31-80(75-73-36)19-17-79(54(87)33-103-24-23-102-22-21-82-52(85)13-14-53(82)86)18-20-81-32-37(74-76-81)26-49(109-70(101)78(6)58(35(3)4)64(72)95)41-10-12-47(43-28-39(111-62(41)43)8-16-56(90)91)105-68-60(93)45(84)30-51(107-68)66(98)99/h9-14,27-28,31-32,34-35,44-45,48-51,57-60,67-68,83-84,92-93H,7-8,15-26,29-30,33H2,1-6H3,(H2,71,94)(H2,72,95)(H,88,89)(H,90,91)(H,96,97)(H,98,99)/t44-,45-,48?,49?,50-,51-,57-,58-,59+,60+,67+,68+/m0/s1. The number of aliphatic carboxylic acids is 4. The quantitative estimate of drug-likeness (QED) is 0.0190. The fourth-order valence-electron chi connectivity index (χ4n) is 12.7. The molecule has 9 rings (SSSR count). The number of carbonyl (C=O) groups is 11. The lowest BCUT2D eigenvalue weighted by atomic mass is 10.0. The second-order valence-electron chi connectivity index (χ2n) is 27.2. The van der Waals surface area contributed by atoms with Gasteiger partial charge in [0, 0.05) is 118 Å². The highest BCUT2D eigenvalue weighted by Crippen LogP contribution is 2.44. The minimum atomic E-state index is -1.71. The number of aromatic nitrogens is 6. The summed E-state index contributed by atoms with van der Waals surface area (Å²) in [6.45, 7) is 5.81. The number of carboxylic acids is 4. The number of amides is 7. The molecule has 6 aromatic rings. The minimum absolute atomic E-state index is 0.0110. The zero-order valence-corrected chi connectivity index (χ0v) is 62.8. The Labute approximate surface area is 640 Å². The van der Waals surface area contributed by atoms with E-state index in [4.69, 9.17) is 49.4 Å². The lowest BCUT2D eigenvalue weighted by Gasteiger charge is -2.35. The monoisotopic (exact) mass is 1590 g/mol. The second kappa shape index (κ2) is 38.0. The number of imide groups is 1. The summed E-state index contributed by atoms with van der Waals surface area (Å²) in [5.74, 6) is -9.16. The van der Waals surface area contributed by atoms with Crippen LogP contribution in [0.2, 0.25) is 0 Å². The summed E-state index contributed by atoms with van der Waals surface area (Å²) in [5.41, 5.74) is 12.6. The van der Waals surface area contributed by atoms with Crippen LogP contribution in [0.15, 0.2) is 60.9 Å². The number of carbonyl (C=O) groups excluding carboxylic acids is 7. The number of aryl methyl sites for hydroxylation is 2. The van der Waals surface area contributed by atoms with Gasteiger partial charge in [-0.05, 0) is 48.9 Å². The first kappa shape index (κ1) is 84.6. The second-order valence-corrected chi connectivity index (χ2v) is 29.5. The smallest absolute Gasteiger partial charge is 0.410 e. The van der Waals surface area contributed by atoms with Crippen LogP contribution in [0.4, 0.5) is 9.59 Å². The molecule has 2 saturated heterocycles. The number of benzene rings is 2. The van der Waals surface area contributed by atoms with Crippen molar-refractivity contribution >= 4 is 108 Å². The molecule has 2 fully saturated rings. The SMILES string of the molecule is CC(C)[C@@H](C(N)=O)N(C)C(=O)OC(Cc1cn(CCN(CCn2cc(CC(OC(=O)N(C)[C@H](C(N)=O)C(C)C)c3ccc(O[C@@H]4O[C@H](C(=O)O)C[C@H](O)[C@H]4O)c4cc(CCC(=O)O)sc34)nn2)C(=O)COCCOCCN2C(=O)C=CC2=O)nn1)c1ccc(O[C@@H]2O[C@H](C(=O)O)C[C@H](O)[C@H]2O)c2cc(CCC(=O)O)sc12. The largest absolute Gasteiger partial charge is 0.481 e. The van der Waals surface area contributed by atoms with Crippen molar-refractivity contribution in [1.82, 2.24) is 49.6 Å². The highest BCUT2D eigenvalue weighted by molar-refractivity contribution is 7.19. The van der Waals surface area contributed by atoms with Crippen LogP contribution in [0, 0.1) is 11.8 Å². The van der Waals surface area contributed by atoms with Crippen LogP contribution < -0.4 is 20.9 Å². The Bertz CT molecular complexity index is 4150. The van der Waals surface area contributed by atoms with Gasteiger partial charge in [-0.15, -0.1) is 32.9 Å². The highest BCUT2D eigenvalue weighted by atomic mass is 32.1. The molecule has 0 bridgehead atoms. The number of nitrogens with two attached hydrogens (primary N) is 2. The van der Waals surface area contributed by atoms with Crippen LogP contribution >= 0.6 is 22.7 Å². The third-order valence-corrected chi connectivity index (χ3v) is 20.9. The number of fused-ring (bicyclic) bond motifs is 2. The van der Waals surface area contributed by atoms with Crippen LogP contribution in [0.5, 0.6) is 11.5 Å². The van der Waals surface area contributed by atoms with Crippen molar-refractivity contribution in [3.05, 3.63) is 93.2 Å². The number of rotatable bonds is 40. The van der Waals surface area contributed by atoms with E-state index in [-0.39, 0.29) is 114 Å². The molecular formula is C70H88N12O27S2. The van der Waals surface area contributed by atoms with Crippen molar-refractivity contribution in [3.63, 3.8) is 0 Å². The molecule has 0 saturated carbocycles. The van der Waals surface area contributed by atoms with Crippen molar-refractivity contribution in [2.45, 2.75) is 166 Å². The zero-order valence-electron chi connectivity index (χ0n) is 61.2. The van der Waals surface area contributed by atoms with E-state index in [0.717, 1.165) is 49.5 Å². The molecule has 2 unspecified atom stereocenters. The average Bonchev–Trinajstić information content (AvgIpc) is 1.68. The Morgan fingerprint density at radius 1 is 0.595 bits per heavy atom. The third kappa shape index (κ3) is 21.8. The third-order valence-electron chi connectivity index (χ3n) is 18.4. The van der Waals surface area contributed by atoms with Gasteiger partial charge < -0.3 is 95.1 Å². The molecule has 3 aliphatic rings. The predicted molar refractivity (Wildman–Crippen MR) is 384 cm³/mol. The van der Waals surface area contributed by atoms with Crippen LogP contribution in [-0.2, 0) is 110 Å². The van der Waals surface area contributed by atoms with Gasteiger partial charge in [0.2, 0.25) is 30.3 Å². The molecule has 7 heterocycles. The first-order chi connectivity index (χ1) is 52.7. The maximum atomic E-state index is 14.3. The lowest BCUT2D eigenvalue weighted by molar-refractivity contribution is -0.237. The van der Waals surface area contributed by atoms with Gasteiger partial charge in [0.15, 0.2) is 12.2 Å². The van der Waals surface area contributed by atoms with E-state index in [2.05, 4.69) is 20.6 Å². The molecule has 0 radical (unpaired) electrons. The molecule has 111 heavy (non-hydrogen) atoms. The molecule has 7 amide bonds. The van der Waals surface area contributed by atoms with Gasteiger partial charge in [-0.1, -0.05) is 50.3 Å². The normalized spacial score (nSPS) is 20.3. The number of carboxylic acid groups (broad SMARTS) is 4. The maximum Gasteiger partial charge on any atom is 0.410 e. The van der Waals surface area contributed by atoms with Crippen molar-refractivity contribution in [2.75, 3.05) is 60.2 Å². The van der Waals surface area contributed by atoms with E-state index in [0.29, 0.717) is 41.1 Å². The van der Waals surface area contributed by atoms with Gasteiger partial charge >= 0.3 is 36.1 Å². The Hall–Kier alpha value is -10.4. The van der Waals surface area contributed by atoms with Gasteiger partial charge in [-0.3, -0.25) is 57.6 Å². The molecule has 0 aliphatic carbocycles. The summed E-state index contributed by atoms with van der Waals surface area (Å²) in [6.07, 6.45) is -14.1. The number of nitrogens with zero attached hydrogens (tertiary/aromatic N) is 10. The minimum Gasteiger partial charge on any atom is -0.481 e. The first-order valence-electron chi connectivity index (χ1n) is 35.2. The highest BCUT2D eigenvalue weighted by Gasteiger charge is 2.44. The first-order valence-corrected chi connectivity index (χ1v) is 36.9. The Morgan fingerprint density at radius 3 is 1.40 bits per heavy atom. The van der Waals surface area contributed by atoms with E-state index in [1.54, 1.807) is 39.8 Å². The summed E-state index contributed by atoms with van der Waals surface area (Å²) in [5, 5.41) is 100. The number of primary amides is 2. The number of hydrogen-bond donors (Lipinski definition) is 10. The number of likely N-dealkylation sites (N-methyl/N-ethyl adjacent to an activating group) is 2. The van der Waals surface area contributed by atoms with E-state index in [1.165, 1.54) is 65.0 Å². The van der Waals surface area contributed by atoms with Crippen molar-refractivity contribution in [1.29, 1.82) is 0 Å². The fourth-order valence-corrected chi connectivity index (χ4v) is 15.2. The molecule has 2 aromatic carbocycles. The molecule has 12 atom stereocenters. The van der Waals surface area contributed by atoms with Crippen molar-refractivity contribution in [3.8, 4) is 11.5 Å². The molecular weight excluding hydrogens is 1500 g/mol. The van der Waals surface area contributed by atoms with E-state index < -0.39 is 170 Å². The van der Waals surface area contributed by atoms with Crippen LogP contribution in [0.1, 0.15) is 97.9 Å². The zero-order chi connectivity index (χ0) is 80.8. The number of thiophene rings is 2. The van der Waals surface area contributed by atoms with Crippen molar-refractivity contribution in [2.24, 2.45) is 23.3 Å². The number of ether oxygens (including phenoxy) is 8. The molecule has 41 heteroatoms. The number of hydrogen-bond acceptors (Lipinski definition) is 29. The number of aliphatic hydroxyl groups is 4. The lowest BCUT2D eigenvalue weighted by Crippen LogP contribution is -2.52. The van der Waals surface area contributed by atoms with Gasteiger partial charge in [0.05, 0.1) is 75.9 Å². The Kier molecular flexibility index (Phi) is 29.0. The molecule has 4 aromatic heterocycles. The summed E-state index contributed by atoms with van der Waals surface area (Å²) in [7, 11) is 2.66. The van der Waals surface area contributed by atoms with E-state index >= 15 is 0 Å². The van der Waals surface area contributed by atoms with Gasteiger partial charge in [-0.25, -0.2) is 19.2 Å². The molecule has 39 nitrogen and oxygen atoms in total. The van der Waals surface area contributed by atoms with Crippen LogP contribution in [-0.4, -0.2) is 277 Å². The Balaban J connectivity index is 0.991. The van der Waals surface area contributed by atoms with Gasteiger partial charge in [0.25, 0.3) is 11.8 Å². The van der Waals surface area contributed by atoms with Crippen LogP contribution in [0.25, 0.3) is 20.2 Å². The molecule has 602 valence electrons. The van der Waals surface area contributed by atoms with E-state index in [9.17, 15) is 93.6 Å². The van der Waals surface area contributed by atoms with Gasteiger partial charge in [0.1, 0.15) is 54.6 Å². The maximum absolute atomic E-state index is 14.3. The van der Waals surface area contributed by atoms with Crippen molar-refractivity contribution < 1.29 is 131 Å². The van der Waals surface area contributed by atoms with E-state index in [1.807, 2.05) is 0 Å². The fraction of sp³-hybridized carbons (Fsp3) is 0.529. The summed E-state index contributed by atoms with van der Waals surface area (Å²) in [4.78, 5) is 146. The van der Waals surface area contributed by atoms with Crippen LogP contribution in [0.3, 0.4) is 0 Å². The summed E-state index contributed by atoms with van der Waals surface area (Å²) in [6, 6.07) is 6.82. The molecule has 0 spiro atoms. The molecule has 3 aliphatic heterocycles. The van der Waals surface area contributed by atoms with Gasteiger partial charge in [-0.2, -0.15) is 0 Å². The Morgan fingerprint density at radius 2 is 1.01 bits per heavy atom. The summed E-state index contributed by atoms with van der Waals surface area (Å²) < 4.78 is 50.6. The summed E-state index contributed by atoms with van der Waals surface area (Å²) >= 11 is 2.23.